The van der Waals surface area contributed by atoms with E-state index in [2.05, 4.69) is 4.74 Å². The molecule has 1 aromatic heterocycles. The van der Waals surface area contributed by atoms with Crippen LogP contribution in [0.2, 0.25) is 0 Å². The second kappa shape index (κ2) is 7.45. The minimum absolute atomic E-state index is 0.0570. The Morgan fingerprint density at radius 3 is 2.55 bits per heavy atom. The second-order valence-corrected chi connectivity index (χ2v) is 6.69. The molecule has 2 amide bonds. The van der Waals surface area contributed by atoms with E-state index in [1.165, 1.54) is 17.5 Å². The number of nitrogens with one attached hydrogen (secondary N) is 2. The highest BCUT2D eigenvalue weighted by Gasteiger charge is 2.29. The summed E-state index contributed by atoms with van der Waals surface area (Å²) >= 11 is 0.911. The summed E-state index contributed by atoms with van der Waals surface area (Å²) in [7, 11) is -3.97. The molecular weight excluding hydrogens is 349 g/mol. The molecule has 0 aromatic carbocycles. The van der Waals surface area contributed by atoms with Crippen LogP contribution in [0.1, 0.15) is 6.42 Å². The van der Waals surface area contributed by atoms with Gasteiger partial charge >= 0.3 is 12.3 Å². The van der Waals surface area contributed by atoms with Crippen molar-refractivity contribution in [2.75, 3.05) is 13.2 Å². The van der Waals surface area contributed by atoms with Gasteiger partial charge in [0.15, 0.2) is 6.61 Å². The SMILES string of the molecule is O=C(CCNC(=O)OCC(F)(F)F)NS(=O)(=O)c1cccs1. The topological polar surface area (TPSA) is 102 Å². The lowest BCUT2D eigenvalue weighted by Gasteiger charge is -2.09. The number of hydrogen-bond donors (Lipinski definition) is 2. The van der Waals surface area contributed by atoms with E-state index in [0.29, 0.717) is 0 Å². The molecule has 22 heavy (non-hydrogen) atoms. The van der Waals surface area contributed by atoms with E-state index < -0.39 is 41.2 Å². The van der Waals surface area contributed by atoms with E-state index in [-0.39, 0.29) is 10.8 Å². The third-order valence-corrected chi connectivity index (χ3v) is 4.77. The number of rotatable bonds is 6. The van der Waals surface area contributed by atoms with Gasteiger partial charge in [0.2, 0.25) is 5.91 Å². The normalized spacial score (nSPS) is 11.8. The average Bonchev–Trinajstić information content (AvgIpc) is 2.89. The third kappa shape index (κ3) is 6.76. The molecule has 0 bridgehead atoms. The van der Waals surface area contributed by atoms with Crippen molar-refractivity contribution in [2.45, 2.75) is 16.8 Å². The fraction of sp³-hybridized carbons (Fsp3) is 0.400. The number of halogens is 3. The number of ether oxygens (including phenoxy) is 1. The van der Waals surface area contributed by atoms with Gasteiger partial charge in [-0.2, -0.15) is 13.2 Å². The number of amides is 2. The van der Waals surface area contributed by atoms with Gasteiger partial charge in [-0.15, -0.1) is 11.3 Å². The van der Waals surface area contributed by atoms with E-state index in [4.69, 9.17) is 0 Å². The van der Waals surface area contributed by atoms with Gasteiger partial charge in [-0.1, -0.05) is 6.07 Å². The van der Waals surface area contributed by atoms with E-state index in [1.807, 2.05) is 5.32 Å². The molecule has 0 spiro atoms. The molecule has 1 heterocycles. The van der Waals surface area contributed by atoms with Gasteiger partial charge in [-0.25, -0.2) is 17.9 Å². The van der Waals surface area contributed by atoms with E-state index >= 15 is 0 Å². The molecule has 7 nitrogen and oxygen atoms in total. The lowest BCUT2D eigenvalue weighted by atomic mass is 10.4. The van der Waals surface area contributed by atoms with Crippen molar-refractivity contribution in [3.63, 3.8) is 0 Å². The van der Waals surface area contributed by atoms with Gasteiger partial charge < -0.3 is 10.1 Å². The molecule has 0 saturated carbocycles. The minimum atomic E-state index is -4.65. The highest BCUT2D eigenvalue weighted by atomic mass is 32.2. The van der Waals surface area contributed by atoms with Crippen molar-refractivity contribution in [3.05, 3.63) is 17.5 Å². The van der Waals surface area contributed by atoms with E-state index in [0.717, 1.165) is 11.3 Å². The minimum Gasteiger partial charge on any atom is -0.440 e. The van der Waals surface area contributed by atoms with E-state index in [9.17, 15) is 31.2 Å². The Kier molecular flexibility index (Phi) is 6.17. The first kappa shape index (κ1) is 18.2. The maximum absolute atomic E-state index is 11.8. The molecule has 0 aliphatic heterocycles. The number of sulfonamides is 1. The smallest absolute Gasteiger partial charge is 0.422 e. The highest BCUT2D eigenvalue weighted by Crippen LogP contribution is 2.15. The van der Waals surface area contributed by atoms with Gasteiger partial charge in [0, 0.05) is 13.0 Å². The Bertz CT molecular complexity index is 613. The van der Waals surface area contributed by atoms with Crippen molar-refractivity contribution in [1.29, 1.82) is 0 Å². The van der Waals surface area contributed by atoms with Crippen LogP contribution >= 0.6 is 11.3 Å². The molecule has 0 unspecified atom stereocenters. The van der Waals surface area contributed by atoms with Crippen LogP contribution in [0.15, 0.2) is 21.7 Å². The van der Waals surface area contributed by atoms with Crippen molar-refractivity contribution in [1.82, 2.24) is 10.0 Å². The fourth-order valence-electron chi connectivity index (χ4n) is 1.14. The van der Waals surface area contributed by atoms with Gasteiger partial charge in [0.05, 0.1) is 0 Å². The number of carbonyl (C=O) groups is 2. The Balaban J connectivity index is 2.31. The molecule has 124 valence electrons. The molecule has 0 aliphatic rings. The number of alkyl halides is 3. The second-order valence-electron chi connectivity index (χ2n) is 3.83. The van der Waals surface area contributed by atoms with Gasteiger partial charge in [-0.05, 0) is 11.4 Å². The quantitative estimate of drug-likeness (QED) is 0.795. The third-order valence-electron chi connectivity index (χ3n) is 2.00. The summed E-state index contributed by atoms with van der Waals surface area (Å²) in [4.78, 5) is 22.3. The molecule has 12 heteroatoms. The van der Waals surface area contributed by atoms with Crippen molar-refractivity contribution in [3.8, 4) is 0 Å². The van der Waals surface area contributed by atoms with E-state index in [1.54, 1.807) is 4.72 Å². The molecular formula is C10H11F3N2O5S2. The fourth-order valence-corrected chi connectivity index (χ4v) is 3.15. The summed E-state index contributed by atoms with van der Waals surface area (Å²) in [5.41, 5.74) is 0. The zero-order valence-electron chi connectivity index (χ0n) is 10.8. The summed E-state index contributed by atoms with van der Waals surface area (Å²) in [6.45, 7) is -2.12. The average molecular weight is 360 g/mol. The van der Waals surface area contributed by atoms with Gasteiger partial charge in [-0.3, -0.25) is 4.79 Å². The maximum Gasteiger partial charge on any atom is 0.422 e. The monoisotopic (exact) mass is 360 g/mol. The predicted octanol–water partition coefficient (Wildman–Crippen LogP) is 1.23. The van der Waals surface area contributed by atoms with Crippen LogP contribution in [-0.2, 0) is 19.6 Å². The van der Waals surface area contributed by atoms with Crippen LogP contribution < -0.4 is 10.0 Å². The molecule has 1 rings (SSSR count). The largest absolute Gasteiger partial charge is 0.440 e. The van der Waals surface area contributed by atoms with Crippen LogP contribution in [0.4, 0.5) is 18.0 Å². The van der Waals surface area contributed by atoms with Crippen LogP contribution in [0.3, 0.4) is 0 Å². The van der Waals surface area contributed by atoms with Crippen molar-refractivity contribution < 1.29 is 35.9 Å². The predicted molar refractivity (Wildman–Crippen MR) is 69.7 cm³/mol. The Hall–Kier alpha value is -1.82. The number of carbonyl (C=O) groups excluding carboxylic acids is 2. The Labute approximate surface area is 127 Å². The standard InChI is InChI=1S/C10H11F3N2O5S2/c11-10(12,13)6-20-9(17)14-4-3-7(16)15-22(18,19)8-2-1-5-21-8/h1-2,5H,3-4,6H2,(H,14,17)(H,15,16). The summed E-state index contributed by atoms with van der Waals surface area (Å²) < 4.78 is 64.1. The Morgan fingerprint density at radius 2 is 2.00 bits per heavy atom. The molecule has 1 aromatic rings. The summed E-state index contributed by atoms with van der Waals surface area (Å²) in [5.74, 6) is -0.912. The number of hydrogen-bond acceptors (Lipinski definition) is 6. The lowest BCUT2D eigenvalue weighted by Crippen LogP contribution is -2.35. The van der Waals surface area contributed by atoms with Crippen LogP contribution in [0, 0.1) is 0 Å². The molecule has 0 radical (unpaired) electrons. The zero-order chi connectivity index (χ0) is 16.8. The molecule has 0 aliphatic carbocycles. The van der Waals surface area contributed by atoms with Crippen LogP contribution in [0.25, 0.3) is 0 Å². The maximum atomic E-state index is 11.8. The first-order chi connectivity index (χ1) is 10.1. The zero-order valence-corrected chi connectivity index (χ0v) is 12.5. The molecule has 2 N–H and O–H groups in total. The summed E-state index contributed by atoms with van der Waals surface area (Å²) in [6, 6.07) is 2.79. The first-order valence-corrected chi connectivity index (χ1v) is 8.03. The molecule has 0 saturated heterocycles. The summed E-state index contributed by atoms with van der Waals surface area (Å²) in [6.07, 6.45) is -6.44. The van der Waals surface area contributed by atoms with Crippen LogP contribution in [-0.4, -0.2) is 39.7 Å². The van der Waals surface area contributed by atoms with Gasteiger partial charge in [0.1, 0.15) is 4.21 Å². The number of alkyl carbamates (subject to hydrolysis) is 1. The summed E-state index contributed by atoms with van der Waals surface area (Å²) in [5, 5.41) is 3.40. The van der Waals surface area contributed by atoms with Crippen molar-refractivity contribution in [2.24, 2.45) is 0 Å². The first-order valence-electron chi connectivity index (χ1n) is 5.67. The number of thiophene rings is 1. The molecule has 0 atom stereocenters. The van der Waals surface area contributed by atoms with Crippen LogP contribution in [0.5, 0.6) is 0 Å². The Morgan fingerprint density at radius 1 is 1.32 bits per heavy atom. The van der Waals surface area contributed by atoms with Crippen molar-refractivity contribution >= 4 is 33.4 Å². The lowest BCUT2D eigenvalue weighted by molar-refractivity contribution is -0.160. The molecule has 0 fully saturated rings. The van der Waals surface area contributed by atoms with Gasteiger partial charge in [0.25, 0.3) is 10.0 Å². The highest BCUT2D eigenvalue weighted by molar-refractivity contribution is 7.92.